The monoisotopic (exact) mass is 262 g/mol. The third kappa shape index (κ3) is 2.75. The fourth-order valence-corrected chi connectivity index (χ4v) is 1.81. The van der Waals surface area contributed by atoms with Crippen molar-refractivity contribution in [3.63, 3.8) is 0 Å². The maximum atomic E-state index is 12.0. The first kappa shape index (κ1) is 13.1. The molecule has 2 aromatic heterocycles. The predicted octanol–water partition coefficient (Wildman–Crippen LogP) is 0.906. The molecule has 0 spiro atoms. The van der Waals surface area contributed by atoms with Gasteiger partial charge in [-0.05, 0) is 13.3 Å². The third-order valence-corrected chi connectivity index (χ3v) is 2.97. The second-order valence-electron chi connectivity index (χ2n) is 4.42. The summed E-state index contributed by atoms with van der Waals surface area (Å²) in [6.45, 7) is 4.34. The fourth-order valence-electron chi connectivity index (χ4n) is 1.81. The molecule has 0 saturated heterocycles. The molecule has 0 radical (unpaired) electrons. The van der Waals surface area contributed by atoms with E-state index in [1.54, 1.807) is 6.20 Å². The average Bonchev–Trinajstić information content (AvgIpc) is 2.95. The van der Waals surface area contributed by atoms with Crippen molar-refractivity contribution >= 4 is 11.6 Å². The van der Waals surface area contributed by atoms with Crippen molar-refractivity contribution in [1.82, 2.24) is 25.7 Å². The second kappa shape index (κ2) is 5.55. The van der Waals surface area contributed by atoms with Crippen LogP contribution in [0, 0.1) is 6.92 Å². The van der Waals surface area contributed by atoms with Crippen LogP contribution in [0.5, 0.6) is 0 Å². The molecule has 7 nitrogen and oxygen atoms in total. The zero-order valence-electron chi connectivity index (χ0n) is 11.1. The number of amides is 1. The van der Waals surface area contributed by atoms with Crippen molar-refractivity contribution in [3.05, 3.63) is 28.8 Å². The van der Waals surface area contributed by atoms with E-state index in [0.29, 0.717) is 12.2 Å². The lowest BCUT2D eigenvalue weighted by atomic mass is 10.2. The van der Waals surface area contributed by atoms with Gasteiger partial charge < -0.3 is 11.1 Å². The number of carbonyl (C=O) groups excluding carboxylic acids is 1. The molecule has 0 aliphatic carbocycles. The van der Waals surface area contributed by atoms with Crippen LogP contribution in [0.3, 0.4) is 0 Å². The molecule has 0 aromatic carbocycles. The van der Waals surface area contributed by atoms with Crippen LogP contribution in [0.2, 0.25) is 0 Å². The van der Waals surface area contributed by atoms with Crippen molar-refractivity contribution in [2.75, 3.05) is 5.73 Å². The van der Waals surface area contributed by atoms with Gasteiger partial charge in [0, 0.05) is 17.8 Å². The minimum atomic E-state index is -0.281. The Morgan fingerprint density at radius 2 is 2.26 bits per heavy atom. The van der Waals surface area contributed by atoms with E-state index in [-0.39, 0.29) is 11.6 Å². The highest BCUT2D eigenvalue weighted by molar-refractivity contribution is 5.97. The number of nitrogens with two attached hydrogens (primary N) is 1. The number of nitrogens with one attached hydrogen (secondary N) is 3. The number of H-pyrrole nitrogens is 2. The van der Waals surface area contributed by atoms with E-state index >= 15 is 0 Å². The van der Waals surface area contributed by atoms with E-state index in [0.717, 1.165) is 29.8 Å². The van der Waals surface area contributed by atoms with Gasteiger partial charge in [0.25, 0.3) is 5.91 Å². The highest BCUT2D eigenvalue weighted by Crippen LogP contribution is 2.15. The van der Waals surface area contributed by atoms with Gasteiger partial charge in [-0.25, -0.2) is 0 Å². The number of hydrogen-bond donors (Lipinski definition) is 4. The van der Waals surface area contributed by atoms with Crippen LogP contribution in [-0.2, 0) is 13.0 Å². The van der Waals surface area contributed by atoms with Crippen LogP contribution in [0.25, 0.3) is 0 Å². The quantitative estimate of drug-likeness (QED) is 0.641. The average molecular weight is 262 g/mol. The van der Waals surface area contributed by atoms with Gasteiger partial charge in [0.15, 0.2) is 5.69 Å². The highest BCUT2D eigenvalue weighted by Gasteiger charge is 2.16. The molecule has 0 aliphatic heterocycles. The van der Waals surface area contributed by atoms with Gasteiger partial charge in [0.05, 0.1) is 17.6 Å². The Morgan fingerprint density at radius 3 is 2.89 bits per heavy atom. The lowest BCUT2D eigenvalue weighted by molar-refractivity contribution is 0.0947. The lowest BCUT2D eigenvalue weighted by Crippen LogP contribution is -2.24. The molecule has 5 N–H and O–H groups in total. The summed E-state index contributed by atoms with van der Waals surface area (Å²) in [6, 6.07) is 0. The molecule has 0 fully saturated rings. The van der Waals surface area contributed by atoms with Crippen molar-refractivity contribution in [2.24, 2.45) is 0 Å². The van der Waals surface area contributed by atoms with Gasteiger partial charge >= 0.3 is 0 Å². The van der Waals surface area contributed by atoms with Gasteiger partial charge in [0.2, 0.25) is 0 Å². The standard InChI is InChI=1S/C12H18N6O/c1-3-4-9-10(13)11(18-17-9)12(19)14-5-8-6-15-16-7(8)2/h6H,3-5,13H2,1-2H3,(H,14,19)(H,15,16)(H,17,18). The van der Waals surface area contributed by atoms with Crippen molar-refractivity contribution in [3.8, 4) is 0 Å². The number of nitrogens with zero attached hydrogens (tertiary/aromatic N) is 2. The molecule has 0 bridgehead atoms. The third-order valence-electron chi connectivity index (χ3n) is 2.97. The first-order chi connectivity index (χ1) is 9.13. The highest BCUT2D eigenvalue weighted by atomic mass is 16.1. The molecule has 0 aliphatic rings. The summed E-state index contributed by atoms with van der Waals surface area (Å²) in [5.41, 5.74) is 9.27. The normalized spacial score (nSPS) is 10.6. The SMILES string of the molecule is CCCc1[nH]nc(C(=O)NCc2cn[nH]c2C)c1N. The molecule has 0 atom stereocenters. The molecule has 0 saturated carbocycles. The Morgan fingerprint density at radius 1 is 1.47 bits per heavy atom. The van der Waals surface area contributed by atoms with E-state index < -0.39 is 0 Å². The summed E-state index contributed by atoms with van der Waals surface area (Å²) in [6.07, 6.45) is 3.42. The van der Waals surface area contributed by atoms with Gasteiger partial charge in [-0.3, -0.25) is 15.0 Å². The van der Waals surface area contributed by atoms with Crippen molar-refractivity contribution in [1.29, 1.82) is 0 Å². The van der Waals surface area contributed by atoms with Crippen LogP contribution in [-0.4, -0.2) is 26.3 Å². The first-order valence-corrected chi connectivity index (χ1v) is 6.23. The fraction of sp³-hybridized carbons (Fsp3) is 0.417. The molecule has 2 rings (SSSR count). The largest absolute Gasteiger partial charge is 0.395 e. The van der Waals surface area contributed by atoms with Crippen molar-refractivity contribution < 1.29 is 4.79 Å². The van der Waals surface area contributed by atoms with Crippen LogP contribution >= 0.6 is 0 Å². The number of nitrogen functional groups attached to an aromatic ring is 1. The Kier molecular flexibility index (Phi) is 3.84. The molecule has 2 heterocycles. The first-order valence-electron chi connectivity index (χ1n) is 6.23. The Balaban J connectivity index is 2.02. The minimum Gasteiger partial charge on any atom is -0.395 e. The summed E-state index contributed by atoms with van der Waals surface area (Å²) >= 11 is 0. The molecule has 0 unspecified atom stereocenters. The van der Waals surface area contributed by atoms with E-state index in [4.69, 9.17) is 5.73 Å². The number of carbonyl (C=O) groups is 1. The minimum absolute atomic E-state index is 0.254. The number of aryl methyl sites for hydroxylation is 2. The van der Waals surface area contributed by atoms with Crippen LogP contribution in [0.1, 0.15) is 40.8 Å². The number of anilines is 1. The number of aromatic nitrogens is 4. The van der Waals surface area contributed by atoms with Crippen molar-refractivity contribution in [2.45, 2.75) is 33.2 Å². The molecule has 7 heteroatoms. The van der Waals surface area contributed by atoms with E-state index in [1.165, 1.54) is 0 Å². The summed E-state index contributed by atoms with van der Waals surface area (Å²) < 4.78 is 0. The number of aromatic amines is 2. The molecular formula is C12H18N6O. The molecule has 19 heavy (non-hydrogen) atoms. The van der Waals surface area contributed by atoms with E-state index in [1.807, 2.05) is 13.8 Å². The molecular weight excluding hydrogens is 244 g/mol. The Bertz CT molecular complexity index is 571. The smallest absolute Gasteiger partial charge is 0.274 e. The Labute approximate surface area is 111 Å². The van der Waals surface area contributed by atoms with Crippen LogP contribution < -0.4 is 11.1 Å². The van der Waals surface area contributed by atoms with Gasteiger partial charge in [-0.2, -0.15) is 10.2 Å². The Hall–Kier alpha value is -2.31. The van der Waals surface area contributed by atoms with Gasteiger partial charge in [-0.1, -0.05) is 13.3 Å². The van der Waals surface area contributed by atoms with Gasteiger partial charge in [0.1, 0.15) is 0 Å². The van der Waals surface area contributed by atoms with Crippen LogP contribution in [0.15, 0.2) is 6.20 Å². The second-order valence-corrected chi connectivity index (χ2v) is 4.42. The maximum absolute atomic E-state index is 12.0. The molecule has 1 amide bonds. The zero-order valence-corrected chi connectivity index (χ0v) is 11.1. The lowest BCUT2D eigenvalue weighted by Gasteiger charge is -2.03. The number of hydrogen-bond acceptors (Lipinski definition) is 4. The summed E-state index contributed by atoms with van der Waals surface area (Å²) in [5, 5.41) is 16.3. The predicted molar refractivity (Wildman–Crippen MR) is 71.5 cm³/mol. The zero-order chi connectivity index (χ0) is 13.8. The summed E-state index contributed by atoms with van der Waals surface area (Å²) in [5.74, 6) is -0.281. The van der Waals surface area contributed by atoms with E-state index in [2.05, 4.69) is 25.7 Å². The number of rotatable bonds is 5. The maximum Gasteiger partial charge on any atom is 0.274 e. The molecule has 102 valence electrons. The van der Waals surface area contributed by atoms with E-state index in [9.17, 15) is 4.79 Å². The molecule has 2 aromatic rings. The summed E-state index contributed by atoms with van der Waals surface area (Å²) in [7, 11) is 0. The summed E-state index contributed by atoms with van der Waals surface area (Å²) in [4.78, 5) is 12.0. The topological polar surface area (TPSA) is 112 Å². The van der Waals surface area contributed by atoms with Gasteiger partial charge in [-0.15, -0.1) is 0 Å². The van der Waals surface area contributed by atoms with Crippen LogP contribution in [0.4, 0.5) is 5.69 Å².